The second kappa shape index (κ2) is 9.49. The molecular weight excluding hydrogens is 220 g/mol. The molecule has 1 atom stereocenters. The molecule has 0 aliphatic rings. The van der Waals surface area contributed by atoms with E-state index >= 15 is 0 Å². The number of rotatable bonds is 8. The van der Waals surface area contributed by atoms with Crippen molar-refractivity contribution < 1.29 is 9.47 Å². The van der Waals surface area contributed by atoms with Gasteiger partial charge in [-0.1, -0.05) is 29.3 Å². The van der Waals surface area contributed by atoms with Crippen LogP contribution in [-0.2, 0) is 9.47 Å². The fourth-order valence-corrected chi connectivity index (χ4v) is 1.67. The van der Waals surface area contributed by atoms with Gasteiger partial charge in [-0.15, -0.1) is 0 Å². The minimum absolute atomic E-state index is 0.700. The van der Waals surface area contributed by atoms with E-state index < -0.39 is 0 Å². The van der Waals surface area contributed by atoms with Crippen LogP contribution in [0.15, 0.2) is 0 Å². The van der Waals surface area contributed by atoms with Gasteiger partial charge in [0, 0.05) is 19.0 Å². The Labute approximate surface area is 83.8 Å². The zero-order valence-corrected chi connectivity index (χ0v) is 9.60. The Hall–Kier alpha value is 0.400. The predicted molar refractivity (Wildman–Crippen MR) is 54.9 cm³/mol. The lowest BCUT2D eigenvalue weighted by Gasteiger charge is -2.10. The van der Waals surface area contributed by atoms with Crippen LogP contribution in [0.5, 0.6) is 0 Å². The Morgan fingerprint density at radius 1 is 1.25 bits per heavy atom. The zero-order chi connectivity index (χ0) is 9.23. The minimum atomic E-state index is 0.700. The topological polar surface area (TPSA) is 18.5 Å². The molecule has 0 aromatic rings. The maximum atomic E-state index is 5.36. The number of halogens is 1. The third-order valence-electron chi connectivity index (χ3n) is 1.90. The van der Waals surface area contributed by atoms with E-state index in [0.717, 1.165) is 30.9 Å². The van der Waals surface area contributed by atoms with Crippen LogP contribution in [0.25, 0.3) is 0 Å². The molecule has 0 rings (SSSR count). The summed E-state index contributed by atoms with van der Waals surface area (Å²) in [6, 6.07) is 0. The van der Waals surface area contributed by atoms with E-state index in [-0.39, 0.29) is 0 Å². The fourth-order valence-electron chi connectivity index (χ4n) is 0.885. The van der Waals surface area contributed by atoms with Crippen molar-refractivity contribution in [1.29, 1.82) is 0 Å². The summed E-state index contributed by atoms with van der Waals surface area (Å²) in [4.78, 5) is 0. The number of hydrogen-bond acceptors (Lipinski definition) is 2. The van der Waals surface area contributed by atoms with Gasteiger partial charge in [-0.3, -0.25) is 0 Å². The van der Waals surface area contributed by atoms with Gasteiger partial charge in [0.1, 0.15) is 0 Å². The molecule has 0 radical (unpaired) electrons. The van der Waals surface area contributed by atoms with E-state index in [1.54, 1.807) is 7.11 Å². The number of methoxy groups -OCH3 is 1. The van der Waals surface area contributed by atoms with Crippen LogP contribution < -0.4 is 0 Å². The molecule has 0 aromatic carbocycles. The lowest BCUT2D eigenvalue weighted by Crippen LogP contribution is -2.08. The molecule has 0 heterocycles. The first-order valence-electron chi connectivity index (χ1n) is 4.47. The lowest BCUT2D eigenvalue weighted by atomic mass is 10.1. The molecule has 12 heavy (non-hydrogen) atoms. The van der Waals surface area contributed by atoms with E-state index in [1.165, 1.54) is 6.42 Å². The summed E-state index contributed by atoms with van der Waals surface area (Å²) in [7, 11) is 1.69. The number of alkyl halides is 1. The van der Waals surface area contributed by atoms with E-state index in [2.05, 4.69) is 22.9 Å². The van der Waals surface area contributed by atoms with E-state index in [1.807, 2.05) is 0 Å². The van der Waals surface area contributed by atoms with Gasteiger partial charge in [-0.25, -0.2) is 0 Å². The van der Waals surface area contributed by atoms with Gasteiger partial charge < -0.3 is 9.47 Å². The van der Waals surface area contributed by atoms with Crippen LogP contribution in [0.3, 0.4) is 0 Å². The van der Waals surface area contributed by atoms with E-state index in [4.69, 9.17) is 9.47 Å². The highest BCUT2D eigenvalue weighted by molar-refractivity contribution is 9.09. The normalized spacial score (nSPS) is 13.2. The highest BCUT2D eigenvalue weighted by atomic mass is 79.9. The van der Waals surface area contributed by atoms with Gasteiger partial charge in [0.05, 0.1) is 13.2 Å². The molecule has 1 unspecified atom stereocenters. The molecule has 0 fully saturated rings. The molecular formula is C9H19BrO2. The molecule has 0 N–H and O–H groups in total. The van der Waals surface area contributed by atoms with Crippen molar-refractivity contribution >= 4 is 15.9 Å². The minimum Gasteiger partial charge on any atom is -0.382 e. The first-order valence-corrected chi connectivity index (χ1v) is 5.59. The third kappa shape index (κ3) is 7.07. The Bertz CT molecular complexity index is 84.6. The molecule has 2 nitrogen and oxygen atoms in total. The first kappa shape index (κ1) is 12.4. The van der Waals surface area contributed by atoms with Crippen molar-refractivity contribution in [3.63, 3.8) is 0 Å². The Balaban J connectivity index is 3.06. The standard InChI is InChI=1S/C9H19BrO2/c1-3-9(8-10)4-5-12-7-6-11-2/h9H,3-8H2,1-2H3. The molecule has 0 saturated carbocycles. The number of ether oxygens (including phenoxy) is 2. The summed E-state index contributed by atoms with van der Waals surface area (Å²) in [5, 5.41) is 1.08. The van der Waals surface area contributed by atoms with Crippen molar-refractivity contribution in [1.82, 2.24) is 0 Å². The summed E-state index contributed by atoms with van der Waals surface area (Å²) in [5.41, 5.74) is 0. The summed E-state index contributed by atoms with van der Waals surface area (Å²) < 4.78 is 10.2. The molecule has 0 aromatic heterocycles. The Kier molecular flexibility index (Phi) is 9.80. The van der Waals surface area contributed by atoms with Crippen LogP contribution >= 0.6 is 15.9 Å². The van der Waals surface area contributed by atoms with Crippen molar-refractivity contribution in [2.24, 2.45) is 5.92 Å². The summed E-state index contributed by atoms with van der Waals surface area (Å²) in [5.74, 6) is 0.757. The van der Waals surface area contributed by atoms with Gasteiger partial charge in [-0.2, -0.15) is 0 Å². The van der Waals surface area contributed by atoms with Crippen molar-refractivity contribution in [3.8, 4) is 0 Å². The molecule has 0 saturated heterocycles. The van der Waals surface area contributed by atoms with E-state index in [9.17, 15) is 0 Å². The van der Waals surface area contributed by atoms with Gasteiger partial charge in [0.25, 0.3) is 0 Å². The second-order valence-corrected chi connectivity index (χ2v) is 3.47. The summed E-state index contributed by atoms with van der Waals surface area (Å²) in [6.45, 7) is 4.48. The number of hydrogen-bond donors (Lipinski definition) is 0. The zero-order valence-electron chi connectivity index (χ0n) is 8.01. The lowest BCUT2D eigenvalue weighted by molar-refractivity contribution is 0.0647. The maximum Gasteiger partial charge on any atom is 0.0700 e. The van der Waals surface area contributed by atoms with Gasteiger partial charge >= 0.3 is 0 Å². The molecule has 0 aliphatic heterocycles. The van der Waals surface area contributed by atoms with Crippen molar-refractivity contribution in [3.05, 3.63) is 0 Å². The highest BCUT2D eigenvalue weighted by Crippen LogP contribution is 2.10. The molecule has 0 aliphatic carbocycles. The Morgan fingerprint density at radius 2 is 2.00 bits per heavy atom. The SMILES string of the molecule is CCC(CBr)CCOCCOC. The van der Waals surface area contributed by atoms with Gasteiger partial charge in [-0.05, 0) is 12.3 Å². The quantitative estimate of drug-likeness (QED) is 0.478. The summed E-state index contributed by atoms with van der Waals surface area (Å²) in [6.07, 6.45) is 2.37. The molecule has 0 bridgehead atoms. The first-order chi connectivity index (χ1) is 5.85. The molecule has 0 amide bonds. The van der Waals surface area contributed by atoms with Crippen LogP contribution in [0.1, 0.15) is 19.8 Å². The molecule has 74 valence electrons. The fraction of sp³-hybridized carbons (Fsp3) is 1.00. The Morgan fingerprint density at radius 3 is 2.50 bits per heavy atom. The van der Waals surface area contributed by atoms with Crippen LogP contribution in [-0.4, -0.2) is 32.3 Å². The second-order valence-electron chi connectivity index (χ2n) is 2.82. The average Bonchev–Trinajstić information content (AvgIpc) is 2.11. The van der Waals surface area contributed by atoms with Crippen LogP contribution in [0.4, 0.5) is 0 Å². The van der Waals surface area contributed by atoms with Gasteiger partial charge in [0.2, 0.25) is 0 Å². The molecule has 3 heteroatoms. The van der Waals surface area contributed by atoms with E-state index in [0.29, 0.717) is 6.61 Å². The highest BCUT2D eigenvalue weighted by Gasteiger charge is 2.02. The monoisotopic (exact) mass is 238 g/mol. The predicted octanol–water partition coefficient (Wildman–Crippen LogP) is 2.46. The molecule has 0 spiro atoms. The largest absolute Gasteiger partial charge is 0.382 e. The van der Waals surface area contributed by atoms with Crippen molar-refractivity contribution in [2.45, 2.75) is 19.8 Å². The van der Waals surface area contributed by atoms with Crippen LogP contribution in [0.2, 0.25) is 0 Å². The van der Waals surface area contributed by atoms with Gasteiger partial charge in [0.15, 0.2) is 0 Å². The average molecular weight is 239 g/mol. The van der Waals surface area contributed by atoms with Crippen LogP contribution in [0, 0.1) is 5.92 Å². The summed E-state index contributed by atoms with van der Waals surface area (Å²) >= 11 is 3.48. The van der Waals surface area contributed by atoms with Crippen molar-refractivity contribution in [2.75, 3.05) is 32.3 Å². The maximum absolute atomic E-state index is 5.36. The smallest absolute Gasteiger partial charge is 0.0700 e. The third-order valence-corrected chi connectivity index (χ3v) is 2.81.